The maximum absolute atomic E-state index is 13.5. The van der Waals surface area contributed by atoms with E-state index in [4.69, 9.17) is 0 Å². The summed E-state index contributed by atoms with van der Waals surface area (Å²) in [6.45, 7) is 1.55. The Bertz CT molecular complexity index is 898. The number of rotatable bonds is 2. The molecular formula is C21H25N3O2. The molecule has 1 unspecified atom stereocenters. The predicted molar refractivity (Wildman–Crippen MR) is 99.9 cm³/mol. The minimum Gasteiger partial charge on any atom is -0.350 e. The van der Waals surface area contributed by atoms with Gasteiger partial charge in [-0.1, -0.05) is 18.2 Å². The monoisotopic (exact) mass is 351 g/mol. The second-order valence-corrected chi connectivity index (χ2v) is 8.10. The van der Waals surface area contributed by atoms with E-state index in [9.17, 15) is 9.59 Å². The van der Waals surface area contributed by atoms with Crippen molar-refractivity contribution in [1.82, 2.24) is 14.4 Å². The van der Waals surface area contributed by atoms with E-state index in [1.807, 2.05) is 47.0 Å². The van der Waals surface area contributed by atoms with Crippen molar-refractivity contribution in [3.63, 3.8) is 0 Å². The van der Waals surface area contributed by atoms with Crippen molar-refractivity contribution in [2.45, 2.75) is 50.1 Å². The molecule has 0 N–H and O–H groups in total. The number of carbonyl (C=O) groups is 2. The van der Waals surface area contributed by atoms with E-state index in [1.54, 1.807) is 0 Å². The molecule has 26 heavy (non-hydrogen) atoms. The predicted octanol–water partition coefficient (Wildman–Crippen LogP) is 2.94. The summed E-state index contributed by atoms with van der Waals surface area (Å²) in [5, 5.41) is 0.976. The summed E-state index contributed by atoms with van der Waals surface area (Å²) in [5.41, 5.74) is 1.17. The lowest BCUT2D eigenvalue weighted by Crippen LogP contribution is -2.61. The number of piperidine rings is 1. The van der Waals surface area contributed by atoms with Gasteiger partial charge in [0.2, 0.25) is 5.91 Å². The van der Waals surface area contributed by atoms with E-state index in [0.29, 0.717) is 12.6 Å². The first-order valence-electron chi connectivity index (χ1n) is 9.79. The van der Waals surface area contributed by atoms with Gasteiger partial charge in [0.25, 0.3) is 5.91 Å². The van der Waals surface area contributed by atoms with Gasteiger partial charge in [0.1, 0.15) is 5.54 Å². The lowest BCUT2D eigenvalue weighted by atomic mass is 9.85. The Morgan fingerprint density at radius 1 is 1.12 bits per heavy atom. The van der Waals surface area contributed by atoms with Crippen LogP contribution in [0.15, 0.2) is 30.5 Å². The van der Waals surface area contributed by atoms with Crippen molar-refractivity contribution in [2.24, 2.45) is 7.05 Å². The standard InChI is InChI=1S/C21H25N3O2/c1-22-14-17(16-6-2-3-7-18(16)22)19(25)24-13-5-11-21(24)10-4-12-23(20(21)26)15-8-9-15/h2-3,6-7,14-15H,4-5,8-13H2,1H3. The molecule has 1 aromatic carbocycles. The highest BCUT2D eigenvalue weighted by Gasteiger charge is 2.54. The molecule has 2 amide bonds. The third kappa shape index (κ3) is 2.15. The van der Waals surface area contributed by atoms with Gasteiger partial charge in [-0.3, -0.25) is 9.59 Å². The average Bonchev–Trinajstić information content (AvgIpc) is 3.33. The number of hydrogen-bond donors (Lipinski definition) is 0. The maximum atomic E-state index is 13.5. The van der Waals surface area contributed by atoms with E-state index in [2.05, 4.69) is 4.90 Å². The van der Waals surface area contributed by atoms with Gasteiger partial charge >= 0.3 is 0 Å². The van der Waals surface area contributed by atoms with E-state index >= 15 is 0 Å². The molecule has 1 atom stereocenters. The first-order chi connectivity index (χ1) is 12.6. The fourth-order valence-corrected chi connectivity index (χ4v) is 5.07. The third-order valence-corrected chi connectivity index (χ3v) is 6.50. The molecule has 5 nitrogen and oxygen atoms in total. The molecule has 2 aliphatic heterocycles. The van der Waals surface area contributed by atoms with Crippen LogP contribution < -0.4 is 0 Å². The second kappa shape index (κ2) is 5.60. The Balaban J connectivity index is 1.54. The minimum atomic E-state index is -0.602. The quantitative estimate of drug-likeness (QED) is 0.835. The molecule has 2 aromatic rings. The van der Waals surface area contributed by atoms with Gasteiger partial charge in [0.05, 0.1) is 5.56 Å². The lowest BCUT2D eigenvalue weighted by molar-refractivity contribution is -0.146. The number of nitrogens with zero attached hydrogens (tertiary/aromatic N) is 3. The van der Waals surface area contributed by atoms with Gasteiger partial charge in [0.15, 0.2) is 0 Å². The van der Waals surface area contributed by atoms with Crippen LogP contribution in [-0.4, -0.2) is 50.9 Å². The molecular weight excluding hydrogens is 326 g/mol. The molecule has 3 fully saturated rings. The fourth-order valence-electron chi connectivity index (χ4n) is 5.07. The van der Waals surface area contributed by atoms with Crippen molar-refractivity contribution in [3.05, 3.63) is 36.0 Å². The molecule has 0 bridgehead atoms. The van der Waals surface area contributed by atoms with Gasteiger partial charge in [0, 0.05) is 43.3 Å². The van der Waals surface area contributed by atoms with Crippen molar-refractivity contribution in [2.75, 3.05) is 13.1 Å². The number of amides is 2. The first-order valence-corrected chi connectivity index (χ1v) is 9.79. The Labute approximate surface area is 153 Å². The smallest absolute Gasteiger partial charge is 0.256 e. The molecule has 1 aromatic heterocycles. The number of hydrogen-bond acceptors (Lipinski definition) is 2. The van der Waals surface area contributed by atoms with Gasteiger partial charge < -0.3 is 14.4 Å². The zero-order valence-electron chi connectivity index (χ0n) is 15.3. The molecule has 1 spiro atoms. The van der Waals surface area contributed by atoms with Crippen LogP contribution in [0.5, 0.6) is 0 Å². The summed E-state index contributed by atoms with van der Waals surface area (Å²) in [6.07, 6.45) is 7.71. The Kier molecular flexibility index (Phi) is 3.43. The number of aromatic nitrogens is 1. The van der Waals surface area contributed by atoms with E-state index in [0.717, 1.165) is 61.5 Å². The van der Waals surface area contributed by atoms with Crippen LogP contribution in [0.25, 0.3) is 10.9 Å². The number of carbonyl (C=O) groups excluding carboxylic acids is 2. The fraction of sp³-hybridized carbons (Fsp3) is 0.524. The average molecular weight is 351 g/mol. The van der Waals surface area contributed by atoms with E-state index in [-0.39, 0.29) is 11.8 Å². The zero-order chi connectivity index (χ0) is 17.9. The summed E-state index contributed by atoms with van der Waals surface area (Å²) < 4.78 is 2.00. The minimum absolute atomic E-state index is 0.0188. The molecule has 1 aliphatic carbocycles. The molecule has 5 rings (SSSR count). The van der Waals surface area contributed by atoms with Crippen LogP contribution >= 0.6 is 0 Å². The summed E-state index contributed by atoms with van der Waals surface area (Å²) in [5.74, 6) is 0.225. The van der Waals surface area contributed by atoms with Crippen LogP contribution in [0.1, 0.15) is 48.9 Å². The van der Waals surface area contributed by atoms with Gasteiger partial charge in [-0.05, 0) is 44.6 Å². The number of benzene rings is 1. The molecule has 1 saturated carbocycles. The van der Waals surface area contributed by atoms with Crippen LogP contribution in [-0.2, 0) is 11.8 Å². The Morgan fingerprint density at radius 2 is 1.85 bits per heavy atom. The van der Waals surface area contributed by atoms with Gasteiger partial charge in [-0.15, -0.1) is 0 Å². The van der Waals surface area contributed by atoms with Crippen molar-refractivity contribution >= 4 is 22.7 Å². The van der Waals surface area contributed by atoms with Crippen molar-refractivity contribution < 1.29 is 9.59 Å². The third-order valence-electron chi connectivity index (χ3n) is 6.50. The molecule has 3 aliphatic rings. The summed E-state index contributed by atoms with van der Waals surface area (Å²) in [6, 6.07) is 8.43. The molecule has 2 saturated heterocycles. The van der Waals surface area contributed by atoms with Gasteiger partial charge in [-0.25, -0.2) is 0 Å². The molecule has 0 radical (unpaired) electrons. The normalized spacial score (nSPS) is 26.3. The van der Waals surface area contributed by atoms with Gasteiger partial charge in [-0.2, -0.15) is 0 Å². The largest absolute Gasteiger partial charge is 0.350 e. The molecule has 3 heterocycles. The van der Waals surface area contributed by atoms with Crippen LogP contribution in [0.3, 0.4) is 0 Å². The highest BCUT2D eigenvalue weighted by molar-refractivity contribution is 6.09. The van der Waals surface area contributed by atoms with Crippen molar-refractivity contribution in [3.8, 4) is 0 Å². The second-order valence-electron chi connectivity index (χ2n) is 8.10. The van der Waals surface area contributed by atoms with Crippen LogP contribution in [0.4, 0.5) is 0 Å². The topological polar surface area (TPSA) is 45.6 Å². The Hall–Kier alpha value is -2.30. The number of para-hydroxylation sites is 1. The number of fused-ring (bicyclic) bond motifs is 1. The molecule has 136 valence electrons. The highest BCUT2D eigenvalue weighted by Crippen LogP contribution is 2.42. The zero-order valence-corrected chi connectivity index (χ0v) is 15.3. The van der Waals surface area contributed by atoms with Crippen LogP contribution in [0.2, 0.25) is 0 Å². The number of likely N-dealkylation sites (tertiary alicyclic amines) is 2. The first kappa shape index (κ1) is 15.9. The highest BCUT2D eigenvalue weighted by atomic mass is 16.2. The summed E-state index contributed by atoms with van der Waals surface area (Å²) in [7, 11) is 1.97. The summed E-state index contributed by atoms with van der Waals surface area (Å²) in [4.78, 5) is 30.9. The lowest BCUT2D eigenvalue weighted by Gasteiger charge is -2.44. The Morgan fingerprint density at radius 3 is 2.62 bits per heavy atom. The van der Waals surface area contributed by atoms with E-state index in [1.165, 1.54) is 0 Å². The van der Waals surface area contributed by atoms with Crippen molar-refractivity contribution in [1.29, 1.82) is 0 Å². The van der Waals surface area contributed by atoms with Crippen LogP contribution in [0, 0.1) is 0 Å². The maximum Gasteiger partial charge on any atom is 0.256 e. The SMILES string of the molecule is Cn1cc(C(=O)N2CCCC23CCCN(C2CC2)C3=O)c2ccccc21. The van der Waals surface area contributed by atoms with E-state index < -0.39 is 5.54 Å². The summed E-state index contributed by atoms with van der Waals surface area (Å²) >= 11 is 0. The molecule has 5 heteroatoms. The number of aryl methyl sites for hydroxylation is 1.